The number of hydrazone groups is 1. The Hall–Kier alpha value is -3.02. The van der Waals surface area contributed by atoms with Gasteiger partial charge in [-0.3, -0.25) is 4.79 Å². The van der Waals surface area contributed by atoms with Gasteiger partial charge < -0.3 is 4.57 Å². The summed E-state index contributed by atoms with van der Waals surface area (Å²) in [5, 5.41) is 5.19. The number of halogens is 1. The number of aromatic nitrogens is 1. The molecule has 0 spiro atoms. The quantitative estimate of drug-likeness (QED) is 0.181. The highest BCUT2D eigenvalue weighted by Crippen LogP contribution is 2.23. The van der Waals surface area contributed by atoms with Gasteiger partial charge >= 0.3 is 0 Å². The molecule has 0 radical (unpaired) electrons. The Morgan fingerprint density at radius 2 is 1.69 bits per heavy atom. The third-order valence-electron chi connectivity index (χ3n) is 5.84. The molecule has 0 aliphatic heterocycles. The first-order chi connectivity index (χ1) is 16.8. The van der Waals surface area contributed by atoms with Gasteiger partial charge in [0.25, 0.3) is 5.91 Å². The van der Waals surface area contributed by atoms with Crippen molar-refractivity contribution in [2.75, 3.05) is 0 Å². The van der Waals surface area contributed by atoms with Gasteiger partial charge in [-0.1, -0.05) is 48.5 Å². The van der Waals surface area contributed by atoms with Crippen molar-refractivity contribution < 1.29 is 13.2 Å². The van der Waals surface area contributed by atoms with E-state index in [1.54, 1.807) is 18.3 Å². The lowest BCUT2D eigenvalue weighted by Gasteiger charge is -2.17. The molecule has 35 heavy (non-hydrogen) atoms. The minimum atomic E-state index is -3.92. The van der Waals surface area contributed by atoms with Crippen LogP contribution in [0.1, 0.15) is 16.8 Å². The number of carbonyl (C=O) groups is 1. The summed E-state index contributed by atoms with van der Waals surface area (Å²) in [5.74, 6) is -0.544. The van der Waals surface area contributed by atoms with E-state index < -0.39 is 22.0 Å². The molecule has 1 aromatic heterocycles. The van der Waals surface area contributed by atoms with Crippen LogP contribution in [0.25, 0.3) is 10.9 Å². The number of amides is 1. The first kappa shape index (κ1) is 25.1. The minimum absolute atomic E-state index is 0.0960. The number of para-hydroxylation sites is 1. The van der Waals surface area contributed by atoms with Crippen molar-refractivity contribution in [1.29, 1.82) is 0 Å². The molecule has 4 rings (SSSR count). The highest BCUT2D eigenvalue weighted by Gasteiger charge is 2.26. The van der Waals surface area contributed by atoms with Crippen LogP contribution >= 0.6 is 22.6 Å². The van der Waals surface area contributed by atoms with Gasteiger partial charge in [0.05, 0.1) is 11.1 Å². The first-order valence-electron chi connectivity index (χ1n) is 10.9. The number of benzene rings is 3. The number of fused-ring (bicyclic) bond motifs is 1. The maximum atomic E-state index is 13.1. The molecule has 0 aliphatic rings. The second kappa shape index (κ2) is 10.7. The number of nitrogens with zero attached hydrogens (tertiary/aromatic N) is 2. The summed E-state index contributed by atoms with van der Waals surface area (Å²) in [6.45, 7) is 1.98. The van der Waals surface area contributed by atoms with Crippen LogP contribution in [-0.2, 0) is 28.3 Å². The molecule has 2 N–H and O–H groups in total. The van der Waals surface area contributed by atoms with Crippen molar-refractivity contribution in [1.82, 2.24) is 14.7 Å². The van der Waals surface area contributed by atoms with E-state index in [-0.39, 0.29) is 11.3 Å². The topological polar surface area (TPSA) is 92.6 Å². The number of aryl methyl sites for hydroxylation is 1. The van der Waals surface area contributed by atoms with Crippen molar-refractivity contribution >= 4 is 55.6 Å². The Morgan fingerprint density at radius 3 is 2.40 bits per heavy atom. The van der Waals surface area contributed by atoms with Crippen LogP contribution in [0, 0.1) is 10.5 Å². The van der Waals surface area contributed by atoms with Gasteiger partial charge in [0.1, 0.15) is 6.04 Å². The fourth-order valence-electron chi connectivity index (χ4n) is 3.86. The number of hydrogen-bond acceptors (Lipinski definition) is 4. The van der Waals surface area contributed by atoms with Crippen molar-refractivity contribution in [2.24, 2.45) is 12.1 Å². The third-order valence-corrected chi connectivity index (χ3v) is 8.04. The highest BCUT2D eigenvalue weighted by molar-refractivity contribution is 14.1. The summed E-state index contributed by atoms with van der Waals surface area (Å²) in [4.78, 5) is 13.2. The van der Waals surface area contributed by atoms with Crippen LogP contribution in [0.4, 0.5) is 0 Å². The normalized spacial score (nSPS) is 12.8. The van der Waals surface area contributed by atoms with Gasteiger partial charge in [0.2, 0.25) is 10.0 Å². The van der Waals surface area contributed by atoms with Crippen LogP contribution in [0.15, 0.2) is 88.9 Å². The maximum absolute atomic E-state index is 13.1. The van der Waals surface area contributed by atoms with Gasteiger partial charge in [-0.15, -0.1) is 0 Å². The Labute approximate surface area is 218 Å². The summed E-state index contributed by atoms with van der Waals surface area (Å²) in [6, 6.07) is 22.6. The molecule has 3 aromatic carbocycles. The number of nitrogens with one attached hydrogen (secondary N) is 2. The Kier molecular flexibility index (Phi) is 7.68. The lowest BCUT2D eigenvalue weighted by molar-refractivity contribution is -0.122. The molecule has 9 heteroatoms. The van der Waals surface area contributed by atoms with Crippen LogP contribution in [0.3, 0.4) is 0 Å². The van der Waals surface area contributed by atoms with E-state index in [1.807, 2.05) is 68.6 Å². The monoisotopic (exact) mass is 600 g/mol. The Balaban J connectivity index is 1.57. The second-order valence-corrected chi connectivity index (χ2v) is 11.1. The predicted octanol–water partition coefficient (Wildman–Crippen LogP) is 4.13. The molecule has 1 heterocycles. The lowest BCUT2D eigenvalue weighted by atomic mass is 10.1. The third kappa shape index (κ3) is 5.80. The molecule has 0 fully saturated rings. The molecule has 0 aliphatic carbocycles. The molecule has 4 aromatic rings. The minimum Gasteiger partial charge on any atom is -0.347 e. The number of rotatable bonds is 8. The average molecular weight is 600 g/mol. The Morgan fingerprint density at radius 1 is 1.03 bits per heavy atom. The highest BCUT2D eigenvalue weighted by atomic mass is 127. The average Bonchev–Trinajstić information content (AvgIpc) is 3.09. The summed E-state index contributed by atoms with van der Waals surface area (Å²) < 4.78 is 31.5. The second-order valence-electron chi connectivity index (χ2n) is 8.13. The molecule has 1 amide bonds. The predicted molar refractivity (Wildman–Crippen MR) is 147 cm³/mol. The molecule has 7 nitrogen and oxygen atoms in total. The van der Waals surface area contributed by atoms with Crippen LogP contribution < -0.4 is 10.1 Å². The van der Waals surface area contributed by atoms with Crippen molar-refractivity contribution in [3.63, 3.8) is 0 Å². The largest absolute Gasteiger partial charge is 0.347 e. The Bertz CT molecular complexity index is 1480. The van der Waals surface area contributed by atoms with Crippen molar-refractivity contribution in [3.05, 3.63) is 99.3 Å². The van der Waals surface area contributed by atoms with E-state index >= 15 is 0 Å². The maximum Gasteiger partial charge on any atom is 0.258 e. The zero-order chi connectivity index (χ0) is 25.0. The molecule has 0 bridgehead atoms. The van der Waals surface area contributed by atoms with Crippen molar-refractivity contribution in [3.8, 4) is 0 Å². The molecule has 0 unspecified atom stereocenters. The van der Waals surface area contributed by atoms with Crippen LogP contribution in [-0.4, -0.2) is 31.1 Å². The van der Waals surface area contributed by atoms with E-state index in [0.717, 1.165) is 31.3 Å². The van der Waals surface area contributed by atoms with E-state index in [1.165, 1.54) is 12.1 Å². The van der Waals surface area contributed by atoms with E-state index in [0.29, 0.717) is 0 Å². The fraction of sp³-hybridized carbons (Fsp3) is 0.154. The molecule has 1 atom stereocenters. The van der Waals surface area contributed by atoms with Crippen LogP contribution in [0.5, 0.6) is 0 Å². The van der Waals surface area contributed by atoms with E-state index in [4.69, 9.17) is 0 Å². The molecule has 0 saturated heterocycles. The van der Waals surface area contributed by atoms with Gasteiger partial charge in [-0.2, -0.15) is 9.82 Å². The van der Waals surface area contributed by atoms with Crippen LogP contribution in [0.2, 0.25) is 0 Å². The summed E-state index contributed by atoms with van der Waals surface area (Å²) >= 11 is 2.11. The molecule has 180 valence electrons. The van der Waals surface area contributed by atoms with Gasteiger partial charge in [-0.05, 0) is 71.8 Å². The standard InChI is InChI=1S/C26H25IN4O3S/c1-18-23(22-10-6-7-11-25(22)31(18)2)17-28-29-26(32)24(16-19-8-4-3-5-9-19)30-35(33,34)21-14-12-20(27)13-15-21/h3-15,17,24,30H,16H2,1-2H3,(H,29,32)/b28-17-/t24-/m0/s1. The van der Waals surface area contributed by atoms with Crippen molar-refractivity contribution in [2.45, 2.75) is 24.3 Å². The fourth-order valence-corrected chi connectivity index (χ4v) is 5.41. The summed E-state index contributed by atoms with van der Waals surface area (Å²) in [7, 11) is -1.95. The zero-order valence-corrected chi connectivity index (χ0v) is 22.2. The van der Waals surface area contributed by atoms with E-state index in [2.05, 4.69) is 42.4 Å². The summed E-state index contributed by atoms with van der Waals surface area (Å²) in [5.41, 5.74) is 6.31. The molecular formula is C26H25IN4O3S. The molecular weight excluding hydrogens is 575 g/mol. The van der Waals surface area contributed by atoms with Gasteiger partial charge in [0.15, 0.2) is 0 Å². The number of carbonyl (C=O) groups excluding carboxylic acids is 1. The first-order valence-corrected chi connectivity index (χ1v) is 13.5. The lowest BCUT2D eigenvalue weighted by Crippen LogP contribution is -2.46. The van der Waals surface area contributed by atoms with Gasteiger partial charge in [0, 0.05) is 32.8 Å². The molecule has 0 saturated carbocycles. The smallest absolute Gasteiger partial charge is 0.258 e. The number of hydrogen-bond donors (Lipinski definition) is 2. The van der Waals surface area contributed by atoms with E-state index in [9.17, 15) is 13.2 Å². The SMILES string of the molecule is Cc1c(/C=N\NC(=O)[C@H](Cc2ccccc2)NS(=O)(=O)c2ccc(I)cc2)c2ccccc2n1C. The zero-order valence-electron chi connectivity index (χ0n) is 19.3. The summed E-state index contributed by atoms with van der Waals surface area (Å²) in [6.07, 6.45) is 1.78. The van der Waals surface area contributed by atoms with Gasteiger partial charge in [-0.25, -0.2) is 13.8 Å². The number of sulfonamides is 1.